The van der Waals surface area contributed by atoms with Gasteiger partial charge in [0.2, 0.25) is 0 Å². The average molecular weight is 262 g/mol. The molecule has 0 heterocycles. The van der Waals surface area contributed by atoms with Crippen LogP contribution in [0.15, 0.2) is 0 Å². The van der Waals surface area contributed by atoms with E-state index in [1.54, 1.807) is 0 Å². The summed E-state index contributed by atoms with van der Waals surface area (Å²) in [6.45, 7) is 11.1. The molecular formula is C15H32O3. The first-order valence-electron chi connectivity index (χ1n) is 7.97. The molecule has 0 spiro atoms. The first kappa shape index (κ1) is 15.9. The quantitative estimate of drug-likeness (QED) is 0.474. The topological polar surface area (TPSA) is 27.7 Å². The highest BCUT2D eigenvalue weighted by molar-refractivity contribution is 4.77. The summed E-state index contributed by atoms with van der Waals surface area (Å²) in [5, 5.41) is 0. The third-order valence-electron chi connectivity index (χ3n) is 3.17. The van der Waals surface area contributed by atoms with Gasteiger partial charge in [0.1, 0.15) is 0 Å². The average Bonchev–Trinajstić information content (AvgIpc) is 2.45. The van der Waals surface area contributed by atoms with E-state index in [1.165, 1.54) is 0 Å². The van der Waals surface area contributed by atoms with Crippen molar-refractivity contribution in [1.82, 2.24) is 0 Å². The minimum Gasteiger partial charge on any atom is -0.381 e. The van der Waals surface area contributed by atoms with Crippen LogP contribution in [0, 0.1) is 5.41 Å². The summed E-state index contributed by atoms with van der Waals surface area (Å²) in [4.78, 5) is 0. The van der Waals surface area contributed by atoms with Crippen LogP contribution in [0.2, 0.25) is 0 Å². The molecule has 3 nitrogen and oxygen atoms in total. The van der Waals surface area contributed by atoms with Crippen molar-refractivity contribution >= 4 is 0 Å². The molecule has 18 heavy (non-hydrogen) atoms. The van der Waals surface area contributed by atoms with Crippen LogP contribution in [-0.2, 0) is 14.2 Å². The molecular weight excluding hydrogens is 228 g/mol. The third-order valence-corrected chi connectivity index (χ3v) is 3.17. The lowest BCUT2D eigenvalue weighted by molar-refractivity contribution is -0.0682. The van der Waals surface area contributed by atoms with Crippen LogP contribution in [0.1, 0.15) is 54.7 Å². The number of ether oxygens (including phenoxy) is 3. The highest BCUT2D eigenvalue weighted by Gasteiger charge is 2.29. The number of rotatable bonds is 13. The van der Waals surface area contributed by atoms with Crippen LogP contribution in [0.5, 0.6) is 0 Å². The summed E-state index contributed by atoms with van der Waals surface area (Å²) in [7, 11) is 0. The minimum absolute atomic E-state index is 0.0125. The van der Waals surface area contributed by atoms with Crippen LogP contribution in [0.25, 0.3) is 0 Å². The molecule has 0 aliphatic carbocycles. The number of unbranched alkanes of at least 4 members (excludes halogenated alkanes) is 2. The first-order chi connectivity index (χ1) is 9.24. The molecule has 0 radical (unpaired) electrons. The Morgan fingerprint density at radius 1 is 0.889 bits per heavy atom. The second-order valence-corrected chi connectivity index (χ2v) is 4.74. The molecule has 0 fully saturated rings. The highest BCUT2D eigenvalue weighted by atomic mass is 16.5. The maximum absolute atomic E-state index is 7.09. The van der Waals surface area contributed by atoms with Gasteiger partial charge in [-0.25, -0.2) is 0 Å². The summed E-state index contributed by atoms with van der Waals surface area (Å²) in [6, 6.07) is 0. The van der Waals surface area contributed by atoms with Gasteiger partial charge in [-0.05, 0) is 26.7 Å². The minimum atomic E-state index is -0.0125. The van der Waals surface area contributed by atoms with E-state index < -0.39 is 0 Å². The Balaban J connectivity index is 4.00. The molecule has 0 aliphatic heterocycles. The van der Waals surface area contributed by atoms with E-state index in [-0.39, 0.29) is 5.41 Å². The zero-order chi connectivity index (χ0) is 14.4. The molecule has 0 N–H and O–H groups in total. The van der Waals surface area contributed by atoms with Gasteiger partial charge >= 0.3 is 0 Å². The van der Waals surface area contributed by atoms with Gasteiger partial charge < -0.3 is 14.2 Å². The van der Waals surface area contributed by atoms with Gasteiger partial charge in [0, 0.05) is 26.6 Å². The van der Waals surface area contributed by atoms with E-state index in [2.05, 4.69) is 6.92 Å². The molecule has 3 heteroatoms. The standard InChI is InChI=1S/C15H32O3/c1-5-9-10-11-18-14-15(6-2,12-16-7-3)13-17-8-4/h5-14H2,1-4H3/i1T. The Morgan fingerprint density at radius 3 is 2.00 bits per heavy atom. The molecule has 0 saturated carbocycles. The Labute approximate surface area is 115 Å². The van der Waals surface area contributed by atoms with E-state index in [4.69, 9.17) is 15.6 Å². The Hall–Kier alpha value is -0.120. The second-order valence-electron chi connectivity index (χ2n) is 4.74. The SMILES string of the molecule is [3H]CCCCCOCC(CC)(COCC)COCC. The fraction of sp³-hybridized carbons (Fsp3) is 1.00. The van der Waals surface area contributed by atoms with Crippen LogP contribution in [0.4, 0.5) is 0 Å². The van der Waals surface area contributed by atoms with E-state index in [0.717, 1.165) is 45.5 Å². The fourth-order valence-electron chi connectivity index (χ4n) is 1.74. The molecule has 0 aromatic carbocycles. The highest BCUT2D eigenvalue weighted by Crippen LogP contribution is 2.24. The predicted octanol–water partition coefficient (Wildman–Crippen LogP) is 3.66. The lowest BCUT2D eigenvalue weighted by atomic mass is 9.88. The van der Waals surface area contributed by atoms with Gasteiger partial charge in [-0.1, -0.05) is 26.7 Å². The van der Waals surface area contributed by atoms with Gasteiger partial charge in [0.05, 0.1) is 19.8 Å². The molecule has 0 rings (SSSR count). The van der Waals surface area contributed by atoms with Gasteiger partial charge in [0.25, 0.3) is 0 Å². The van der Waals surface area contributed by atoms with E-state index in [9.17, 15) is 0 Å². The maximum atomic E-state index is 7.09. The van der Waals surface area contributed by atoms with Crippen LogP contribution in [-0.4, -0.2) is 39.6 Å². The predicted molar refractivity (Wildman–Crippen MR) is 76.1 cm³/mol. The molecule has 0 unspecified atom stereocenters. The van der Waals surface area contributed by atoms with Gasteiger partial charge in [-0.15, -0.1) is 0 Å². The van der Waals surface area contributed by atoms with Crippen molar-refractivity contribution in [3.8, 4) is 0 Å². The van der Waals surface area contributed by atoms with Crippen molar-refractivity contribution in [3.05, 3.63) is 0 Å². The van der Waals surface area contributed by atoms with E-state index >= 15 is 0 Å². The summed E-state index contributed by atoms with van der Waals surface area (Å²) < 4.78 is 24.1. The zero-order valence-electron chi connectivity index (χ0n) is 13.5. The van der Waals surface area contributed by atoms with Gasteiger partial charge in [0.15, 0.2) is 0 Å². The molecule has 0 aromatic rings. The lowest BCUT2D eigenvalue weighted by Crippen LogP contribution is -2.37. The largest absolute Gasteiger partial charge is 0.381 e. The normalized spacial score (nSPS) is 12.7. The Bertz CT molecular complexity index is 180. The van der Waals surface area contributed by atoms with Crippen molar-refractivity contribution in [2.45, 2.75) is 53.4 Å². The van der Waals surface area contributed by atoms with Crippen molar-refractivity contribution in [3.63, 3.8) is 0 Å². The second kappa shape index (κ2) is 11.9. The third kappa shape index (κ3) is 8.06. The van der Waals surface area contributed by atoms with Crippen LogP contribution in [0.3, 0.4) is 0 Å². The molecule has 0 aliphatic rings. The van der Waals surface area contributed by atoms with Gasteiger partial charge in [-0.2, -0.15) is 0 Å². The zero-order valence-corrected chi connectivity index (χ0v) is 12.5. The van der Waals surface area contributed by atoms with E-state index in [1.807, 2.05) is 13.8 Å². The summed E-state index contributed by atoms with van der Waals surface area (Å²) >= 11 is 0. The van der Waals surface area contributed by atoms with Gasteiger partial charge in [-0.3, -0.25) is 0 Å². The molecule has 0 aromatic heterocycles. The maximum Gasteiger partial charge on any atom is 0.0566 e. The van der Waals surface area contributed by atoms with Crippen molar-refractivity contribution in [2.75, 3.05) is 39.6 Å². The van der Waals surface area contributed by atoms with Crippen molar-refractivity contribution in [1.29, 1.82) is 0 Å². The molecule has 0 bridgehead atoms. The van der Waals surface area contributed by atoms with Crippen LogP contribution < -0.4 is 0 Å². The van der Waals surface area contributed by atoms with Crippen molar-refractivity contribution < 1.29 is 15.6 Å². The number of hydrogen-bond donors (Lipinski definition) is 0. The molecule has 0 amide bonds. The van der Waals surface area contributed by atoms with E-state index in [0.29, 0.717) is 26.7 Å². The number of hydrogen-bond acceptors (Lipinski definition) is 3. The molecule has 0 saturated heterocycles. The lowest BCUT2D eigenvalue weighted by Gasteiger charge is -2.31. The Kier molecular flexibility index (Phi) is 10.6. The first-order valence-corrected chi connectivity index (χ1v) is 7.27. The fourth-order valence-corrected chi connectivity index (χ4v) is 1.74. The molecule has 0 atom stereocenters. The Morgan fingerprint density at radius 2 is 1.50 bits per heavy atom. The van der Waals surface area contributed by atoms with Crippen molar-refractivity contribution in [2.24, 2.45) is 5.41 Å². The summed E-state index contributed by atoms with van der Waals surface area (Å²) in [5.74, 6) is 0. The van der Waals surface area contributed by atoms with Crippen LogP contribution >= 0.6 is 0 Å². The smallest absolute Gasteiger partial charge is 0.0566 e. The monoisotopic (exact) mass is 262 g/mol. The summed E-state index contributed by atoms with van der Waals surface area (Å²) in [5.41, 5.74) is -0.0125. The summed E-state index contributed by atoms with van der Waals surface area (Å²) in [6.07, 6.45) is 4.10. The molecule has 110 valence electrons.